The second-order valence-electron chi connectivity index (χ2n) is 4.32. The first kappa shape index (κ1) is 15.1. The maximum Gasteiger partial charge on any atom is 0.258 e. The molecular formula is C13H17Cl2NO2. The Morgan fingerprint density at radius 3 is 2.72 bits per heavy atom. The molecule has 1 aromatic rings. The Morgan fingerprint density at radius 2 is 2.17 bits per heavy atom. The number of hydrogen-bond acceptors (Lipinski definition) is 2. The number of alkyl halides is 1. The lowest BCUT2D eigenvalue weighted by Gasteiger charge is -2.19. The molecule has 0 heterocycles. The van der Waals surface area contributed by atoms with Gasteiger partial charge in [0.2, 0.25) is 0 Å². The minimum Gasteiger partial charge on any atom is -0.484 e. The highest BCUT2D eigenvalue weighted by Crippen LogP contribution is 2.16. The molecule has 1 atom stereocenters. The second kappa shape index (κ2) is 7.49. The van der Waals surface area contributed by atoms with Gasteiger partial charge in [-0.3, -0.25) is 4.79 Å². The molecule has 1 amide bonds. The lowest BCUT2D eigenvalue weighted by atomic mass is 10.1. The summed E-state index contributed by atoms with van der Waals surface area (Å²) in [5.74, 6) is 1.07. The average molecular weight is 290 g/mol. The fourth-order valence-electron chi connectivity index (χ4n) is 1.34. The highest BCUT2D eigenvalue weighted by atomic mass is 35.5. The molecule has 0 aliphatic carbocycles. The van der Waals surface area contributed by atoms with Gasteiger partial charge in [-0.25, -0.2) is 0 Å². The quantitative estimate of drug-likeness (QED) is 0.818. The van der Waals surface area contributed by atoms with E-state index in [0.717, 1.165) is 0 Å². The zero-order chi connectivity index (χ0) is 13.5. The van der Waals surface area contributed by atoms with Crippen LogP contribution in [0.5, 0.6) is 5.75 Å². The maximum atomic E-state index is 11.6. The van der Waals surface area contributed by atoms with Crippen molar-refractivity contribution in [2.45, 2.75) is 19.9 Å². The number of nitrogens with one attached hydrogen (secondary N) is 1. The molecule has 1 rings (SSSR count). The van der Waals surface area contributed by atoms with E-state index in [-0.39, 0.29) is 24.5 Å². The monoisotopic (exact) mass is 289 g/mol. The summed E-state index contributed by atoms with van der Waals surface area (Å²) >= 11 is 11.6. The zero-order valence-electron chi connectivity index (χ0n) is 10.5. The van der Waals surface area contributed by atoms with E-state index in [1.54, 1.807) is 24.3 Å². The van der Waals surface area contributed by atoms with E-state index in [2.05, 4.69) is 5.32 Å². The van der Waals surface area contributed by atoms with Gasteiger partial charge in [-0.05, 0) is 24.1 Å². The summed E-state index contributed by atoms with van der Waals surface area (Å²) in [6, 6.07) is 6.89. The molecule has 100 valence electrons. The maximum absolute atomic E-state index is 11.6. The van der Waals surface area contributed by atoms with Crippen LogP contribution >= 0.6 is 23.2 Å². The third-order valence-corrected chi connectivity index (χ3v) is 3.05. The van der Waals surface area contributed by atoms with Crippen molar-refractivity contribution in [2.75, 3.05) is 12.5 Å². The Balaban J connectivity index is 2.41. The number of halogens is 2. The Morgan fingerprint density at radius 1 is 1.44 bits per heavy atom. The van der Waals surface area contributed by atoms with Crippen LogP contribution in [-0.4, -0.2) is 24.4 Å². The van der Waals surface area contributed by atoms with Gasteiger partial charge in [-0.15, -0.1) is 11.6 Å². The van der Waals surface area contributed by atoms with E-state index in [4.69, 9.17) is 27.9 Å². The highest BCUT2D eigenvalue weighted by molar-refractivity contribution is 6.30. The van der Waals surface area contributed by atoms with Crippen molar-refractivity contribution in [3.05, 3.63) is 29.3 Å². The molecule has 0 saturated heterocycles. The van der Waals surface area contributed by atoms with E-state index >= 15 is 0 Å². The molecule has 3 nitrogen and oxygen atoms in total. The summed E-state index contributed by atoms with van der Waals surface area (Å²) < 4.78 is 5.33. The van der Waals surface area contributed by atoms with E-state index in [9.17, 15) is 4.79 Å². The first-order valence-corrected chi connectivity index (χ1v) is 6.68. The van der Waals surface area contributed by atoms with Gasteiger partial charge in [0.05, 0.1) is 0 Å². The van der Waals surface area contributed by atoms with Gasteiger partial charge in [0.25, 0.3) is 5.91 Å². The third-order valence-electron chi connectivity index (χ3n) is 2.48. The molecule has 5 heteroatoms. The summed E-state index contributed by atoms with van der Waals surface area (Å²) in [7, 11) is 0. The summed E-state index contributed by atoms with van der Waals surface area (Å²) in [5.41, 5.74) is 0. The van der Waals surface area contributed by atoms with Gasteiger partial charge in [0.1, 0.15) is 5.75 Å². The molecule has 0 bridgehead atoms. The van der Waals surface area contributed by atoms with E-state index in [1.165, 1.54) is 0 Å². The molecule has 0 radical (unpaired) electrons. The summed E-state index contributed by atoms with van der Waals surface area (Å²) in [4.78, 5) is 11.6. The first-order chi connectivity index (χ1) is 8.52. The minimum absolute atomic E-state index is 0.0397. The molecule has 0 spiro atoms. The number of benzene rings is 1. The molecule has 1 unspecified atom stereocenters. The van der Waals surface area contributed by atoms with Crippen molar-refractivity contribution < 1.29 is 9.53 Å². The van der Waals surface area contributed by atoms with Crippen molar-refractivity contribution in [3.63, 3.8) is 0 Å². The van der Waals surface area contributed by atoms with Crippen LogP contribution in [0.1, 0.15) is 13.8 Å². The molecule has 0 aromatic heterocycles. The van der Waals surface area contributed by atoms with Crippen molar-refractivity contribution in [3.8, 4) is 5.75 Å². The molecule has 1 aromatic carbocycles. The first-order valence-electron chi connectivity index (χ1n) is 5.76. The van der Waals surface area contributed by atoms with E-state index in [1.807, 2.05) is 13.8 Å². The predicted octanol–water partition coefficient (Wildman–Crippen LogP) is 3.10. The third kappa shape index (κ3) is 5.15. The van der Waals surface area contributed by atoms with E-state index in [0.29, 0.717) is 16.7 Å². The molecule has 0 aliphatic rings. The Labute approximate surface area is 117 Å². The fraction of sp³-hybridized carbons (Fsp3) is 0.462. The number of ether oxygens (including phenoxy) is 1. The second-order valence-corrected chi connectivity index (χ2v) is 5.06. The topological polar surface area (TPSA) is 38.3 Å². The summed E-state index contributed by atoms with van der Waals surface area (Å²) in [5, 5.41) is 3.40. The molecular weight excluding hydrogens is 273 g/mol. The lowest BCUT2D eigenvalue weighted by Crippen LogP contribution is -2.42. The van der Waals surface area contributed by atoms with Crippen LogP contribution in [-0.2, 0) is 4.79 Å². The van der Waals surface area contributed by atoms with E-state index < -0.39 is 0 Å². The normalized spacial score (nSPS) is 12.3. The lowest BCUT2D eigenvalue weighted by molar-refractivity contribution is -0.123. The van der Waals surface area contributed by atoms with Crippen molar-refractivity contribution >= 4 is 29.1 Å². The standard InChI is InChI=1S/C13H17Cl2NO2/c1-9(2)12(7-14)16-13(17)8-18-11-5-3-4-10(15)6-11/h3-6,9,12H,7-8H2,1-2H3,(H,16,17). The van der Waals surface area contributed by atoms with Crippen molar-refractivity contribution in [1.82, 2.24) is 5.32 Å². The van der Waals surface area contributed by atoms with Gasteiger partial charge in [-0.2, -0.15) is 0 Å². The van der Waals surface area contributed by atoms with Crippen molar-refractivity contribution in [2.24, 2.45) is 5.92 Å². The summed E-state index contributed by atoms with van der Waals surface area (Å²) in [6.45, 7) is 3.97. The van der Waals surface area contributed by atoms with Gasteiger partial charge < -0.3 is 10.1 Å². The predicted molar refractivity (Wildman–Crippen MR) is 74.4 cm³/mol. The molecule has 0 aliphatic heterocycles. The van der Waals surface area contributed by atoms with Gasteiger partial charge in [0.15, 0.2) is 6.61 Å². The van der Waals surface area contributed by atoms with Crippen LogP contribution in [0.2, 0.25) is 5.02 Å². The van der Waals surface area contributed by atoms with Crippen LogP contribution in [0, 0.1) is 5.92 Å². The highest BCUT2D eigenvalue weighted by Gasteiger charge is 2.15. The zero-order valence-corrected chi connectivity index (χ0v) is 12.0. The molecule has 0 saturated carbocycles. The van der Waals surface area contributed by atoms with Crippen LogP contribution in [0.25, 0.3) is 0 Å². The average Bonchev–Trinajstić information content (AvgIpc) is 2.33. The number of hydrogen-bond donors (Lipinski definition) is 1. The van der Waals surface area contributed by atoms with Crippen LogP contribution in [0.4, 0.5) is 0 Å². The molecule has 1 N–H and O–H groups in total. The number of carbonyl (C=O) groups excluding carboxylic acids is 1. The number of rotatable bonds is 6. The molecule has 0 fully saturated rings. The fourth-order valence-corrected chi connectivity index (χ4v) is 1.95. The van der Waals surface area contributed by atoms with Crippen molar-refractivity contribution in [1.29, 1.82) is 0 Å². The molecule has 18 heavy (non-hydrogen) atoms. The summed E-state index contributed by atoms with van der Waals surface area (Å²) in [6.07, 6.45) is 0. The number of carbonyl (C=O) groups is 1. The Kier molecular flexibility index (Phi) is 6.30. The van der Waals surface area contributed by atoms with Crippen LogP contribution in [0.15, 0.2) is 24.3 Å². The van der Waals surface area contributed by atoms with Crippen LogP contribution in [0.3, 0.4) is 0 Å². The Bertz CT molecular complexity index is 396. The number of amides is 1. The Hall–Kier alpha value is -0.930. The van der Waals surface area contributed by atoms with Gasteiger partial charge in [-0.1, -0.05) is 31.5 Å². The largest absolute Gasteiger partial charge is 0.484 e. The van der Waals surface area contributed by atoms with Gasteiger partial charge in [0, 0.05) is 16.9 Å². The smallest absolute Gasteiger partial charge is 0.258 e. The minimum atomic E-state index is -0.186. The SMILES string of the molecule is CC(C)C(CCl)NC(=O)COc1cccc(Cl)c1. The van der Waals surface area contributed by atoms with Gasteiger partial charge >= 0.3 is 0 Å². The van der Waals surface area contributed by atoms with Crippen LogP contribution < -0.4 is 10.1 Å².